The monoisotopic (exact) mass is 466 g/mol. The predicted octanol–water partition coefficient (Wildman–Crippen LogP) is 7.57. The van der Waals surface area contributed by atoms with Gasteiger partial charge in [0.05, 0.1) is 11.5 Å². The van der Waals surface area contributed by atoms with E-state index in [1.807, 2.05) is 0 Å². The van der Waals surface area contributed by atoms with E-state index in [-0.39, 0.29) is 11.5 Å². The highest BCUT2D eigenvalue weighted by molar-refractivity contribution is 8.67. The van der Waals surface area contributed by atoms with Crippen LogP contribution in [-0.2, 0) is 17.7 Å². The van der Waals surface area contributed by atoms with Gasteiger partial charge in [0.25, 0.3) is 17.7 Å². The molecule has 0 heterocycles. The molecule has 0 radical (unpaired) electrons. The van der Waals surface area contributed by atoms with Crippen LogP contribution in [0, 0.1) is 0 Å². The summed E-state index contributed by atoms with van der Waals surface area (Å²) >= 11 is 0. The minimum absolute atomic E-state index is 0.205. The molecule has 6 heteroatoms. The minimum atomic E-state index is -4.01. The number of rotatable bonds is 23. The summed E-state index contributed by atoms with van der Waals surface area (Å²) in [4.78, 5) is 0. The SMILES string of the molecule is CCCCCCCCCCCCS(=O)(=O)S(=O)(=O)CCCCCCCCCCCC. The van der Waals surface area contributed by atoms with Crippen LogP contribution in [0.4, 0.5) is 0 Å². The van der Waals surface area contributed by atoms with Crippen molar-refractivity contribution in [2.75, 3.05) is 11.5 Å². The van der Waals surface area contributed by atoms with E-state index in [4.69, 9.17) is 0 Å². The second kappa shape index (κ2) is 19.6. The van der Waals surface area contributed by atoms with E-state index in [1.54, 1.807) is 0 Å². The summed E-state index contributed by atoms with van der Waals surface area (Å²) in [5, 5.41) is 0. The van der Waals surface area contributed by atoms with Gasteiger partial charge in [-0.1, -0.05) is 129 Å². The smallest absolute Gasteiger partial charge is 0.213 e. The van der Waals surface area contributed by atoms with Crippen LogP contribution in [0.15, 0.2) is 0 Å². The molecule has 0 aliphatic carbocycles. The summed E-state index contributed by atoms with van der Waals surface area (Å²) in [7, 11) is -8.01. The third kappa shape index (κ3) is 16.6. The predicted molar refractivity (Wildman–Crippen MR) is 131 cm³/mol. The van der Waals surface area contributed by atoms with Crippen LogP contribution in [0.5, 0.6) is 0 Å². The Kier molecular flexibility index (Phi) is 19.5. The Morgan fingerprint density at radius 1 is 0.333 bits per heavy atom. The zero-order valence-electron chi connectivity index (χ0n) is 20.0. The summed E-state index contributed by atoms with van der Waals surface area (Å²) in [6, 6.07) is 0. The van der Waals surface area contributed by atoms with Gasteiger partial charge < -0.3 is 0 Å². The first-order chi connectivity index (χ1) is 14.4. The first kappa shape index (κ1) is 29.9. The van der Waals surface area contributed by atoms with Gasteiger partial charge in [0.1, 0.15) is 0 Å². The zero-order chi connectivity index (χ0) is 22.6. The molecule has 0 atom stereocenters. The van der Waals surface area contributed by atoms with Crippen molar-refractivity contribution in [3.63, 3.8) is 0 Å². The Morgan fingerprint density at radius 2 is 0.533 bits per heavy atom. The number of hydrogen-bond acceptors (Lipinski definition) is 4. The lowest BCUT2D eigenvalue weighted by Gasteiger charge is -2.07. The molecule has 0 aliphatic heterocycles. The van der Waals surface area contributed by atoms with Gasteiger partial charge in [-0.25, -0.2) is 16.8 Å². The fourth-order valence-electron chi connectivity index (χ4n) is 3.79. The van der Waals surface area contributed by atoms with Gasteiger partial charge in [0, 0.05) is 0 Å². The van der Waals surface area contributed by atoms with Gasteiger partial charge in [-0.2, -0.15) is 0 Å². The second-order valence-electron chi connectivity index (χ2n) is 8.89. The van der Waals surface area contributed by atoms with Gasteiger partial charge in [0.2, 0.25) is 0 Å². The molecule has 0 saturated heterocycles. The third-order valence-electron chi connectivity index (χ3n) is 5.88. The van der Waals surface area contributed by atoms with Crippen molar-refractivity contribution >= 4 is 17.7 Å². The van der Waals surface area contributed by atoms with E-state index in [0.717, 1.165) is 38.5 Å². The maximum absolute atomic E-state index is 12.2. The highest BCUT2D eigenvalue weighted by Crippen LogP contribution is 2.15. The van der Waals surface area contributed by atoms with Crippen LogP contribution >= 0.6 is 0 Å². The highest BCUT2D eigenvalue weighted by atomic mass is 33.2. The molecule has 0 N–H and O–H groups in total. The van der Waals surface area contributed by atoms with E-state index in [0.29, 0.717) is 12.8 Å². The molecule has 0 aromatic carbocycles. The fourth-order valence-corrected chi connectivity index (χ4v) is 7.64. The Bertz CT molecular complexity index is 516. The zero-order valence-corrected chi connectivity index (χ0v) is 21.6. The summed E-state index contributed by atoms with van der Waals surface area (Å²) in [5.74, 6) is -0.410. The summed E-state index contributed by atoms with van der Waals surface area (Å²) in [6.07, 6.45) is 22.1. The van der Waals surface area contributed by atoms with Crippen molar-refractivity contribution in [1.82, 2.24) is 0 Å². The first-order valence-electron chi connectivity index (χ1n) is 12.8. The van der Waals surface area contributed by atoms with Gasteiger partial charge in [-0.3, -0.25) is 0 Å². The molecule has 0 spiro atoms. The van der Waals surface area contributed by atoms with Crippen LogP contribution < -0.4 is 0 Å². The van der Waals surface area contributed by atoms with E-state index < -0.39 is 17.7 Å². The van der Waals surface area contributed by atoms with Crippen molar-refractivity contribution in [2.24, 2.45) is 0 Å². The van der Waals surface area contributed by atoms with Gasteiger partial charge >= 0.3 is 0 Å². The van der Waals surface area contributed by atoms with Crippen molar-refractivity contribution in [1.29, 1.82) is 0 Å². The van der Waals surface area contributed by atoms with E-state index in [2.05, 4.69) is 13.8 Å². The van der Waals surface area contributed by atoms with Gasteiger partial charge in [-0.15, -0.1) is 0 Å². The van der Waals surface area contributed by atoms with E-state index in [9.17, 15) is 16.8 Å². The van der Waals surface area contributed by atoms with Gasteiger partial charge in [0.15, 0.2) is 0 Å². The van der Waals surface area contributed by atoms with Gasteiger partial charge in [-0.05, 0) is 12.8 Å². The fraction of sp³-hybridized carbons (Fsp3) is 1.00. The topological polar surface area (TPSA) is 68.3 Å². The summed E-state index contributed by atoms with van der Waals surface area (Å²) < 4.78 is 48.8. The molecule has 4 nitrogen and oxygen atoms in total. The van der Waals surface area contributed by atoms with Crippen molar-refractivity contribution in [3.8, 4) is 0 Å². The molecule has 0 bridgehead atoms. The first-order valence-corrected chi connectivity index (χ1v) is 16.6. The molecule has 0 saturated carbocycles. The Balaban J connectivity index is 3.74. The largest absolute Gasteiger partial charge is 0.253 e. The van der Waals surface area contributed by atoms with Crippen LogP contribution in [0.3, 0.4) is 0 Å². The maximum atomic E-state index is 12.2. The Hall–Kier alpha value is -0.100. The summed E-state index contributed by atoms with van der Waals surface area (Å²) in [6.45, 7) is 4.43. The number of unbranched alkanes of at least 4 members (excludes halogenated alkanes) is 18. The quantitative estimate of drug-likeness (QED) is 0.115. The van der Waals surface area contributed by atoms with Crippen molar-refractivity contribution in [2.45, 2.75) is 142 Å². The van der Waals surface area contributed by atoms with Crippen LogP contribution in [0.25, 0.3) is 0 Å². The molecule has 0 aliphatic rings. The lowest BCUT2D eigenvalue weighted by Crippen LogP contribution is -2.22. The van der Waals surface area contributed by atoms with E-state index in [1.165, 1.54) is 77.0 Å². The molecular weight excluding hydrogens is 416 g/mol. The average molecular weight is 467 g/mol. The standard InChI is InChI=1S/C24H50O4S2/c1-3-5-7-9-11-13-15-17-19-21-23-29(25,26)30(27,28)24-22-20-18-16-14-12-10-8-6-4-2/h3-24H2,1-2H3. The summed E-state index contributed by atoms with van der Waals surface area (Å²) in [5.41, 5.74) is 0. The highest BCUT2D eigenvalue weighted by Gasteiger charge is 2.28. The van der Waals surface area contributed by atoms with Crippen LogP contribution in [-0.4, -0.2) is 28.3 Å². The Morgan fingerprint density at radius 3 is 0.767 bits per heavy atom. The molecule has 0 unspecified atom stereocenters. The lowest BCUT2D eigenvalue weighted by molar-refractivity contribution is 0.554. The molecule has 0 fully saturated rings. The van der Waals surface area contributed by atoms with E-state index >= 15 is 0 Å². The molecular formula is C24H50O4S2. The molecule has 0 aromatic heterocycles. The number of hydrogen-bond donors (Lipinski definition) is 0. The normalized spacial score (nSPS) is 12.5. The lowest BCUT2D eigenvalue weighted by atomic mass is 10.1. The molecule has 30 heavy (non-hydrogen) atoms. The molecule has 0 amide bonds. The van der Waals surface area contributed by atoms with Crippen molar-refractivity contribution < 1.29 is 16.8 Å². The minimum Gasteiger partial charge on any atom is -0.213 e. The molecule has 0 rings (SSSR count). The van der Waals surface area contributed by atoms with Crippen molar-refractivity contribution in [3.05, 3.63) is 0 Å². The third-order valence-corrected chi connectivity index (χ3v) is 11.6. The van der Waals surface area contributed by atoms with Crippen LogP contribution in [0.1, 0.15) is 142 Å². The van der Waals surface area contributed by atoms with Crippen LogP contribution in [0.2, 0.25) is 0 Å². The average Bonchev–Trinajstić information content (AvgIpc) is 2.70. The molecule has 0 aromatic rings. The maximum Gasteiger partial charge on any atom is 0.253 e. The Labute approximate surface area is 188 Å². The molecule has 182 valence electrons. The second-order valence-corrected chi connectivity index (χ2v) is 15.0.